The van der Waals surface area contributed by atoms with Crippen LogP contribution < -0.4 is 4.74 Å². The molecular weight excluding hydrogens is 527 g/mol. The Morgan fingerprint density at radius 3 is 2.50 bits per heavy atom. The van der Waals surface area contributed by atoms with E-state index in [4.69, 9.17) is 4.74 Å². The first kappa shape index (κ1) is 23.8. The number of aromatic nitrogens is 1. The summed E-state index contributed by atoms with van der Waals surface area (Å²) in [5.74, 6) is -1.54. The van der Waals surface area contributed by atoms with Crippen molar-refractivity contribution in [1.29, 1.82) is 0 Å². The van der Waals surface area contributed by atoms with Gasteiger partial charge in [0, 0.05) is 33.7 Å². The average molecular weight is 549 g/mol. The topological polar surface area (TPSA) is 82.6 Å². The van der Waals surface area contributed by atoms with Gasteiger partial charge in [-0.05, 0) is 72.1 Å². The molecule has 0 aliphatic carbocycles. The summed E-state index contributed by atoms with van der Waals surface area (Å²) in [4.78, 5) is 31.1. The third-order valence-electron chi connectivity index (χ3n) is 6.44. The number of amides is 1. The Morgan fingerprint density at radius 2 is 1.81 bits per heavy atom. The SMILES string of the molecule is COc1ccc2[nH]cc(CCN3C(=O)C(=O)/C(=C(\O)c4ccc(F)cc4)C3c3ccc(Br)cc3)c2c1. The number of fused-ring (bicyclic) bond motifs is 1. The van der Waals surface area contributed by atoms with E-state index in [1.54, 1.807) is 7.11 Å². The average Bonchev–Trinajstić information content (AvgIpc) is 3.40. The molecule has 1 aliphatic heterocycles. The van der Waals surface area contributed by atoms with E-state index in [1.165, 1.54) is 29.2 Å². The Balaban J connectivity index is 1.55. The highest BCUT2D eigenvalue weighted by Gasteiger charge is 2.45. The molecule has 1 amide bonds. The van der Waals surface area contributed by atoms with Crippen molar-refractivity contribution in [2.24, 2.45) is 0 Å². The highest BCUT2D eigenvalue weighted by Crippen LogP contribution is 2.40. The van der Waals surface area contributed by atoms with Crippen molar-refractivity contribution >= 4 is 44.3 Å². The van der Waals surface area contributed by atoms with Crippen LogP contribution in [-0.4, -0.2) is 40.3 Å². The van der Waals surface area contributed by atoms with Crippen molar-refractivity contribution in [3.63, 3.8) is 0 Å². The molecule has 0 saturated carbocycles. The van der Waals surface area contributed by atoms with Gasteiger partial charge >= 0.3 is 0 Å². The van der Waals surface area contributed by atoms with Crippen LogP contribution in [-0.2, 0) is 16.0 Å². The quantitative estimate of drug-likeness (QED) is 0.183. The Hall–Kier alpha value is -3.91. The van der Waals surface area contributed by atoms with Gasteiger partial charge in [-0.25, -0.2) is 4.39 Å². The lowest BCUT2D eigenvalue weighted by atomic mass is 9.95. The molecule has 6 nitrogen and oxygen atoms in total. The molecule has 0 bridgehead atoms. The highest BCUT2D eigenvalue weighted by molar-refractivity contribution is 9.10. The molecule has 0 radical (unpaired) electrons. The van der Waals surface area contributed by atoms with Gasteiger partial charge in [0.2, 0.25) is 0 Å². The first-order valence-corrected chi connectivity index (χ1v) is 12.1. The van der Waals surface area contributed by atoms with Crippen molar-refractivity contribution in [2.45, 2.75) is 12.5 Å². The molecular formula is C28H22BrFN2O4. The molecule has 2 N–H and O–H groups in total. The number of ketones is 1. The second kappa shape index (κ2) is 9.62. The zero-order valence-electron chi connectivity index (χ0n) is 19.3. The predicted octanol–water partition coefficient (Wildman–Crippen LogP) is 5.74. The van der Waals surface area contributed by atoms with Crippen molar-refractivity contribution in [2.75, 3.05) is 13.7 Å². The summed E-state index contributed by atoms with van der Waals surface area (Å²) in [6, 6.07) is 17.3. The number of ether oxygens (including phenoxy) is 1. The second-order valence-corrected chi connectivity index (χ2v) is 9.44. The van der Waals surface area contributed by atoms with Crippen LogP contribution in [0, 0.1) is 5.82 Å². The Morgan fingerprint density at radius 1 is 1.08 bits per heavy atom. The minimum absolute atomic E-state index is 0.0190. The summed E-state index contributed by atoms with van der Waals surface area (Å²) in [7, 11) is 1.60. The van der Waals surface area contributed by atoms with Gasteiger partial charge in [0.05, 0.1) is 18.7 Å². The number of rotatable bonds is 6. The summed E-state index contributed by atoms with van der Waals surface area (Å²) in [5, 5.41) is 12.1. The number of hydrogen-bond donors (Lipinski definition) is 2. The fourth-order valence-electron chi connectivity index (χ4n) is 4.60. The van der Waals surface area contributed by atoms with Crippen LogP contribution in [0.1, 0.15) is 22.7 Å². The van der Waals surface area contributed by atoms with Crippen molar-refractivity contribution in [3.05, 3.63) is 105 Å². The number of Topliss-reactive ketones (excluding diaryl/α,β-unsaturated/α-hetero) is 1. The van der Waals surface area contributed by atoms with Crippen LogP contribution in [0.3, 0.4) is 0 Å². The first-order chi connectivity index (χ1) is 17.4. The monoisotopic (exact) mass is 548 g/mol. The molecule has 5 rings (SSSR count). The minimum atomic E-state index is -0.789. The van der Waals surface area contributed by atoms with Crippen molar-refractivity contribution in [1.82, 2.24) is 9.88 Å². The number of H-pyrrole nitrogens is 1. The van der Waals surface area contributed by atoms with Crippen LogP contribution in [0.2, 0.25) is 0 Å². The number of carbonyl (C=O) groups excluding carboxylic acids is 2. The molecule has 1 atom stereocenters. The second-order valence-electron chi connectivity index (χ2n) is 8.53. The summed E-state index contributed by atoms with van der Waals surface area (Å²) in [5.41, 5.74) is 2.84. The molecule has 1 saturated heterocycles. The summed E-state index contributed by atoms with van der Waals surface area (Å²) < 4.78 is 19.6. The van der Waals surface area contributed by atoms with Crippen LogP contribution in [0.15, 0.2) is 83.0 Å². The van der Waals surface area contributed by atoms with Gasteiger partial charge in [-0.15, -0.1) is 0 Å². The van der Waals surface area contributed by atoms with Gasteiger partial charge in [-0.1, -0.05) is 28.1 Å². The number of nitrogens with one attached hydrogen (secondary N) is 1. The Labute approximate surface area is 215 Å². The number of halogens is 2. The van der Waals surface area contributed by atoms with E-state index < -0.39 is 23.5 Å². The van der Waals surface area contributed by atoms with Gasteiger partial charge in [0.1, 0.15) is 17.3 Å². The number of aromatic amines is 1. The van der Waals surface area contributed by atoms with Crippen LogP contribution in [0.4, 0.5) is 4.39 Å². The van der Waals surface area contributed by atoms with Crippen molar-refractivity contribution < 1.29 is 23.8 Å². The number of aliphatic hydroxyl groups excluding tert-OH is 1. The van der Waals surface area contributed by atoms with Gasteiger partial charge in [-0.2, -0.15) is 0 Å². The summed E-state index contributed by atoms with van der Waals surface area (Å²) >= 11 is 3.41. The Kier molecular flexibility index (Phi) is 6.36. The Bertz CT molecular complexity index is 1490. The van der Waals surface area contributed by atoms with Crippen molar-refractivity contribution in [3.8, 4) is 5.75 Å². The lowest BCUT2D eigenvalue weighted by Gasteiger charge is -2.25. The minimum Gasteiger partial charge on any atom is -0.507 e. The third-order valence-corrected chi connectivity index (χ3v) is 6.97. The number of nitrogens with zero attached hydrogens (tertiary/aromatic N) is 1. The number of carbonyl (C=O) groups is 2. The fourth-order valence-corrected chi connectivity index (χ4v) is 4.86. The molecule has 1 aromatic heterocycles. The van der Waals surface area contributed by atoms with Gasteiger partial charge in [0.25, 0.3) is 11.7 Å². The number of aliphatic hydroxyl groups is 1. The van der Waals surface area contributed by atoms with E-state index in [-0.39, 0.29) is 23.4 Å². The van der Waals surface area contributed by atoms with E-state index in [2.05, 4.69) is 20.9 Å². The zero-order chi connectivity index (χ0) is 25.4. The maximum Gasteiger partial charge on any atom is 0.295 e. The number of likely N-dealkylation sites (tertiary alicyclic amines) is 1. The van der Waals surface area contributed by atoms with E-state index >= 15 is 0 Å². The first-order valence-electron chi connectivity index (χ1n) is 11.3. The molecule has 4 aromatic rings. The third kappa shape index (κ3) is 4.28. The molecule has 8 heteroatoms. The molecule has 3 aromatic carbocycles. The maximum atomic E-state index is 13.5. The predicted molar refractivity (Wildman–Crippen MR) is 138 cm³/mol. The molecule has 0 spiro atoms. The molecule has 2 heterocycles. The number of hydrogen-bond acceptors (Lipinski definition) is 4. The lowest BCUT2D eigenvalue weighted by Crippen LogP contribution is -2.31. The lowest BCUT2D eigenvalue weighted by molar-refractivity contribution is -0.139. The van der Waals surface area contributed by atoms with Crippen LogP contribution >= 0.6 is 15.9 Å². The molecule has 1 aliphatic rings. The highest BCUT2D eigenvalue weighted by atomic mass is 79.9. The van der Waals surface area contributed by atoms with Crippen LogP contribution in [0.5, 0.6) is 5.75 Å². The maximum absolute atomic E-state index is 13.5. The van der Waals surface area contributed by atoms with Gasteiger partial charge in [-0.3, -0.25) is 9.59 Å². The largest absolute Gasteiger partial charge is 0.507 e. The zero-order valence-corrected chi connectivity index (χ0v) is 20.9. The number of methoxy groups -OCH3 is 1. The summed E-state index contributed by atoms with van der Waals surface area (Å²) in [6.45, 7) is 0.246. The van der Waals surface area contributed by atoms with E-state index in [0.717, 1.165) is 26.7 Å². The number of benzene rings is 3. The summed E-state index contributed by atoms with van der Waals surface area (Å²) in [6.07, 6.45) is 2.36. The van der Waals surface area contributed by atoms with Gasteiger partial charge in [0.15, 0.2) is 0 Å². The molecule has 182 valence electrons. The molecule has 1 unspecified atom stereocenters. The smallest absolute Gasteiger partial charge is 0.295 e. The van der Waals surface area contributed by atoms with E-state index in [1.807, 2.05) is 48.7 Å². The fraction of sp³-hybridized carbons (Fsp3) is 0.143. The van der Waals surface area contributed by atoms with E-state index in [0.29, 0.717) is 12.0 Å². The standard InChI is InChI=1S/C28H22BrFN2O4/c1-36-21-10-11-23-22(14-21)18(15-31-23)12-13-32-25(16-2-6-19(29)7-3-16)24(27(34)28(32)35)26(33)17-4-8-20(30)9-5-17/h2-11,14-15,25,31,33H,12-13H2,1H3/b26-24-. The van der Waals surface area contributed by atoms with E-state index in [9.17, 15) is 19.1 Å². The van der Waals surface area contributed by atoms with Crippen LogP contribution in [0.25, 0.3) is 16.7 Å². The van der Waals surface area contributed by atoms with Gasteiger partial charge < -0.3 is 19.7 Å². The molecule has 36 heavy (non-hydrogen) atoms. The normalized spacial score (nSPS) is 17.2. The molecule has 1 fully saturated rings.